The number of carbonyl (C=O) groups is 2. The highest BCUT2D eigenvalue weighted by atomic mass is 35.5. The predicted octanol–water partition coefficient (Wildman–Crippen LogP) is 8.11. The lowest BCUT2D eigenvalue weighted by Crippen LogP contribution is -2.49. The van der Waals surface area contributed by atoms with E-state index >= 15 is 0 Å². The van der Waals surface area contributed by atoms with E-state index in [9.17, 15) is 48.7 Å². The predicted molar refractivity (Wildman–Crippen MR) is 197 cm³/mol. The normalized spacial score (nSPS) is 18.8. The van der Waals surface area contributed by atoms with E-state index < -0.39 is 94.5 Å². The highest BCUT2D eigenvalue weighted by molar-refractivity contribution is 7.90. The molecule has 0 radical (unpaired) electrons. The molecule has 2 N–H and O–H groups in total. The molecule has 1 saturated carbocycles. The van der Waals surface area contributed by atoms with Gasteiger partial charge in [0.05, 0.1) is 27.8 Å². The molecule has 0 spiro atoms. The summed E-state index contributed by atoms with van der Waals surface area (Å²) in [7, 11) is -3.60. The Morgan fingerprint density at radius 3 is 2.26 bits per heavy atom. The van der Waals surface area contributed by atoms with Crippen molar-refractivity contribution >= 4 is 39.3 Å². The largest absolute Gasteiger partial charge is 0.463 e. The minimum atomic E-state index is -4.87. The summed E-state index contributed by atoms with van der Waals surface area (Å²) in [4.78, 5) is 37.1. The number of alkyl halides is 7. The Morgan fingerprint density at radius 1 is 1.00 bits per heavy atom. The second kappa shape index (κ2) is 15.3. The smallest absolute Gasteiger partial charge is 0.394 e. The molecule has 1 aromatic heterocycles. The molecule has 20 heteroatoms. The minimum Gasteiger partial charge on any atom is -0.463 e. The van der Waals surface area contributed by atoms with E-state index in [1.807, 2.05) is 0 Å². The fourth-order valence-electron chi connectivity index (χ4n) is 6.86. The number of ether oxygens (including phenoxy) is 1. The molecule has 2 atom stereocenters. The number of rotatable bonds is 14. The van der Waals surface area contributed by atoms with E-state index in [1.165, 1.54) is 60.7 Å². The van der Waals surface area contributed by atoms with Crippen LogP contribution in [0.1, 0.15) is 63.2 Å². The molecule has 1 aliphatic carbocycles. The molecule has 1 fully saturated rings. The molecule has 2 aliphatic rings. The van der Waals surface area contributed by atoms with Crippen LogP contribution in [0.5, 0.6) is 0 Å². The van der Waals surface area contributed by atoms with Gasteiger partial charge in [0, 0.05) is 17.2 Å². The number of aliphatic imine (C=N–C) groups is 1. The van der Waals surface area contributed by atoms with E-state index in [2.05, 4.69) is 15.1 Å². The van der Waals surface area contributed by atoms with Gasteiger partial charge in [-0.05, 0) is 65.8 Å². The first-order valence-electron chi connectivity index (χ1n) is 17.6. The summed E-state index contributed by atoms with van der Waals surface area (Å²) in [5.74, 6) is -3.15. The molecule has 310 valence electrons. The lowest BCUT2D eigenvalue weighted by Gasteiger charge is -2.37. The van der Waals surface area contributed by atoms with Gasteiger partial charge in [-0.15, -0.1) is 0 Å². The van der Waals surface area contributed by atoms with Gasteiger partial charge in [-0.2, -0.15) is 31.7 Å². The SMILES string of the molecule is CC(C)(C[C@]1(c2ccc(-c3cccc(S(C)(=O)=O)c3)cc2)N=C(N)N([C@H](COC(=O)CC2(C(F)F)CC2)c2ccc(Cl)c(-c3ncnn3C(F)F)c2)C1=O)C(F)(F)F. The summed E-state index contributed by atoms with van der Waals surface area (Å²) >= 11 is 6.40. The van der Waals surface area contributed by atoms with Crippen LogP contribution in [0.25, 0.3) is 22.5 Å². The third kappa shape index (κ3) is 8.15. The van der Waals surface area contributed by atoms with E-state index in [0.29, 0.717) is 11.1 Å². The Kier molecular flexibility index (Phi) is 11.2. The van der Waals surface area contributed by atoms with Crippen LogP contribution in [0, 0.1) is 10.8 Å². The summed E-state index contributed by atoms with van der Waals surface area (Å²) in [6.07, 6.45) is -7.32. The maximum Gasteiger partial charge on any atom is 0.394 e. The zero-order valence-electron chi connectivity index (χ0n) is 31.0. The molecule has 2 heterocycles. The van der Waals surface area contributed by atoms with Crippen molar-refractivity contribution in [2.45, 2.75) is 75.2 Å². The van der Waals surface area contributed by atoms with Crippen molar-refractivity contribution in [2.75, 3.05) is 12.9 Å². The van der Waals surface area contributed by atoms with Crippen LogP contribution in [0.2, 0.25) is 5.02 Å². The zero-order valence-corrected chi connectivity index (χ0v) is 32.6. The van der Waals surface area contributed by atoms with E-state index in [4.69, 9.17) is 22.1 Å². The molecule has 58 heavy (non-hydrogen) atoms. The number of benzene rings is 3. The number of sulfone groups is 1. The lowest BCUT2D eigenvalue weighted by molar-refractivity contribution is -0.218. The highest BCUT2D eigenvalue weighted by Crippen LogP contribution is 2.54. The van der Waals surface area contributed by atoms with Crippen LogP contribution in [-0.2, 0) is 29.7 Å². The lowest BCUT2D eigenvalue weighted by atomic mass is 9.74. The zero-order chi connectivity index (χ0) is 42.6. The Hall–Kier alpha value is -5.04. The van der Waals surface area contributed by atoms with Gasteiger partial charge in [0.1, 0.15) is 12.9 Å². The molecule has 3 aromatic carbocycles. The monoisotopic (exact) mass is 856 g/mol. The number of nitrogens with two attached hydrogens (primary N) is 1. The number of halogens is 8. The Bertz CT molecular complexity index is 2370. The van der Waals surface area contributed by atoms with Crippen molar-refractivity contribution < 1.29 is 53.5 Å². The number of aromatic nitrogens is 3. The number of esters is 1. The van der Waals surface area contributed by atoms with E-state index in [0.717, 1.165) is 31.3 Å². The summed E-state index contributed by atoms with van der Waals surface area (Å²) in [6, 6.07) is 13.9. The van der Waals surface area contributed by atoms with Gasteiger partial charge in [0.2, 0.25) is 6.43 Å². The molecule has 6 rings (SSSR count). The van der Waals surface area contributed by atoms with Gasteiger partial charge in [0.25, 0.3) is 5.91 Å². The van der Waals surface area contributed by atoms with Gasteiger partial charge in [0.15, 0.2) is 27.2 Å². The standard InChI is InChI=1S/C38H36ClF7N6O5S/c1-35(2,38(44,45)46)19-37(24-10-7-21(8-11-24)22-5-4-6-25(15-22)58(3,55)56)32(54)51(34(47)50-37)28(18-57-29(53)17-36(13-14-36)31(40)41)23-9-12-27(39)26(16-23)30-48-20-49-52(30)33(42)43/h4-12,15-16,20,28,31,33H,13-14,17-19H2,1-3H3,(H2,47,50)/t28-,37-/m1/s1. The first-order chi connectivity index (χ1) is 27.0. The molecular weight excluding hydrogens is 821 g/mol. The second-order valence-corrected chi connectivity index (χ2v) is 17.4. The average molecular weight is 857 g/mol. The number of hydrogen-bond acceptors (Lipinski definition) is 9. The maximum atomic E-state index is 15.0. The molecule has 4 aromatic rings. The topological polar surface area (TPSA) is 150 Å². The molecule has 0 bridgehead atoms. The fourth-order valence-corrected chi connectivity index (χ4v) is 7.73. The van der Waals surface area contributed by atoms with Gasteiger partial charge < -0.3 is 10.5 Å². The third-order valence-electron chi connectivity index (χ3n) is 10.5. The van der Waals surface area contributed by atoms with Crippen molar-refractivity contribution in [3.8, 4) is 22.5 Å². The summed E-state index contributed by atoms with van der Waals surface area (Å²) in [5.41, 5.74) is 0.676. The van der Waals surface area contributed by atoms with E-state index in [1.54, 1.807) is 6.07 Å². The van der Waals surface area contributed by atoms with Gasteiger partial charge in [-0.3, -0.25) is 14.5 Å². The molecule has 11 nitrogen and oxygen atoms in total. The number of amides is 1. The number of guanidine groups is 1. The first kappa shape index (κ1) is 42.6. The average Bonchev–Trinajstić information content (AvgIpc) is 3.68. The Labute approximate surface area is 333 Å². The van der Waals surface area contributed by atoms with Crippen molar-refractivity contribution in [3.63, 3.8) is 0 Å². The highest BCUT2D eigenvalue weighted by Gasteiger charge is 2.59. The van der Waals surface area contributed by atoms with Crippen LogP contribution in [-0.4, -0.2) is 71.4 Å². The third-order valence-corrected chi connectivity index (χ3v) is 11.9. The first-order valence-corrected chi connectivity index (χ1v) is 19.8. The molecule has 1 aliphatic heterocycles. The Morgan fingerprint density at radius 2 is 1.67 bits per heavy atom. The fraction of sp³-hybridized carbons (Fsp3) is 0.395. The van der Waals surface area contributed by atoms with Gasteiger partial charge >= 0.3 is 18.7 Å². The van der Waals surface area contributed by atoms with Crippen molar-refractivity contribution in [2.24, 2.45) is 21.6 Å². The van der Waals surface area contributed by atoms with Crippen LogP contribution < -0.4 is 5.73 Å². The van der Waals surface area contributed by atoms with Gasteiger partial charge in [-0.1, -0.05) is 67.9 Å². The summed E-state index contributed by atoms with van der Waals surface area (Å²) in [5, 5.41) is 3.42. The molecule has 0 saturated heterocycles. The number of hydrogen-bond donors (Lipinski definition) is 1. The Balaban J connectivity index is 1.45. The van der Waals surface area contributed by atoms with Crippen molar-refractivity contribution in [1.29, 1.82) is 0 Å². The number of carbonyl (C=O) groups excluding carboxylic acids is 2. The minimum absolute atomic E-state index is 0.0181. The van der Waals surface area contributed by atoms with Crippen molar-refractivity contribution in [3.05, 3.63) is 89.2 Å². The quantitative estimate of drug-likeness (QED) is 0.0988. The van der Waals surface area contributed by atoms with Crippen molar-refractivity contribution in [1.82, 2.24) is 19.7 Å². The van der Waals surface area contributed by atoms with Crippen LogP contribution >= 0.6 is 11.6 Å². The maximum absolute atomic E-state index is 15.0. The van der Waals surface area contributed by atoms with Crippen LogP contribution in [0.15, 0.2) is 82.9 Å². The summed E-state index contributed by atoms with van der Waals surface area (Å²) < 4.78 is 129. The molecule has 0 unspecified atom stereocenters. The van der Waals surface area contributed by atoms with Crippen LogP contribution in [0.3, 0.4) is 0 Å². The number of nitrogens with zero attached hydrogens (tertiary/aromatic N) is 5. The molecule has 1 amide bonds. The van der Waals surface area contributed by atoms with E-state index in [-0.39, 0.29) is 44.1 Å². The molecular formula is C38H36ClF7N6O5S. The second-order valence-electron chi connectivity index (χ2n) is 15.0. The summed E-state index contributed by atoms with van der Waals surface area (Å²) in [6.45, 7) is -2.18. The van der Waals surface area contributed by atoms with Crippen LogP contribution in [0.4, 0.5) is 30.7 Å². The van der Waals surface area contributed by atoms with Gasteiger partial charge in [-0.25, -0.2) is 27.2 Å².